The summed E-state index contributed by atoms with van der Waals surface area (Å²) in [7, 11) is 0. The van der Waals surface area contributed by atoms with E-state index in [4.69, 9.17) is 14.5 Å². The van der Waals surface area contributed by atoms with Crippen molar-refractivity contribution in [3.8, 4) is 11.5 Å². The number of hydrogen-bond donors (Lipinski definition) is 0. The van der Waals surface area contributed by atoms with Crippen LogP contribution in [0.2, 0.25) is 0 Å². The minimum atomic E-state index is -0.325. The Labute approximate surface area is 297 Å². The molecule has 0 amide bonds. The van der Waals surface area contributed by atoms with E-state index >= 15 is 0 Å². The summed E-state index contributed by atoms with van der Waals surface area (Å²) in [6, 6.07) is 45.8. The summed E-state index contributed by atoms with van der Waals surface area (Å²) in [6.45, 7) is 3.07. The van der Waals surface area contributed by atoms with Crippen molar-refractivity contribution in [2.75, 3.05) is 0 Å². The highest BCUT2D eigenvalue weighted by Crippen LogP contribution is 2.44. The van der Waals surface area contributed by atoms with Crippen molar-refractivity contribution in [1.29, 1.82) is 0 Å². The highest BCUT2D eigenvalue weighted by Gasteiger charge is 2.38. The Morgan fingerprint density at radius 3 is 1.76 bits per heavy atom. The molecule has 2 aliphatic rings. The van der Waals surface area contributed by atoms with Gasteiger partial charge in [-0.05, 0) is 76.6 Å². The predicted octanol–water partition coefficient (Wildman–Crippen LogP) is 10.4. The Bertz CT molecular complexity index is 2080. The zero-order valence-corrected chi connectivity index (χ0v) is 28.5. The van der Waals surface area contributed by atoms with Crippen molar-refractivity contribution in [3.05, 3.63) is 202 Å². The van der Waals surface area contributed by atoms with E-state index in [0.29, 0.717) is 24.5 Å². The summed E-state index contributed by atoms with van der Waals surface area (Å²) in [6.07, 6.45) is 7.46. The zero-order valence-electron chi connectivity index (χ0n) is 27.7. The van der Waals surface area contributed by atoms with Crippen molar-refractivity contribution in [1.82, 2.24) is 4.90 Å². The molecule has 1 unspecified atom stereocenters. The van der Waals surface area contributed by atoms with Gasteiger partial charge in [0.05, 0.1) is 17.3 Å². The van der Waals surface area contributed by atoms with Crippen LogP contribution < -0.4 is 9.47 Å². The molecule has 1 atom stereocenters. The highest BCUT2D eigenvalue weighted by molar-refractivity contribution is 8.16. The lowest BCUT2D eigenvalue weighted by Crippen LogP contribution is -2.35. The van der Waals surface area contributed by atoms with Gasteiger partial charge in [-0.25, -0.2) is 4.99 Å². The molecule has 2 heterocycles. The quantitative estimate of drug-likeness (QED) is 0.124. The molecule has 0 aliphatic carbocycles. The minimum Gasteiger partial charge on any atom is -0.489 e. The van der Waals surface area contributed by atoms with Gasteiger partial charge in [0.15, 0.2) is 11.0 Å². The van der Waals surface area contributed by atoms with Crippen LogP contribution in [0.1, 0.15) is 40.8 Å². The van der Waals surface area contributed by atoms with Crippen molar-refractivity contribution < 1.29 is 14.3 Å². The number of benzene rings is 5. The van der Waals surface area contributed by atoms with Gasteiger partial charge < -0.3 is 14.4 Å². The molecule has 0 spiro atoms. The normalized spacial score (nSPS) is 15.6. The Morgan fingerprint density at radius 2 is 1.20 bits per heavy atom. The molecule has 0 saturated carbocycles. The minimum absolute atomic E-state index is 0.0972. The summed E-state index contributed by atoms with van der Waals surface area (Å²) >= 11 is 1.58. The lowest BCUT2D eigenvalue weighted by molar-refractivity contribution is -0.111. The number of rotatable bonds is 12. The third-order valence-corrected chi connectivity index (χ3v) is 9.40. The number of fused-ring (bicyclic) bond motifs is 1. The zero-order chi connectivity index (χ0) is 34.1. The van der Waals surface area contributed by atoms with Gasteiger partial charge in [-0.2, -0.15) is 0 Å². The number of thioether (sulfide) groups is 1. The first-order chi connectivity index (χ1) is 24.6. The Balaban J connectivity index is 1.15. The summed E-state index contributed by atoms with van der Waals surface area (Å²) in [5, 5.41) is 2.95. The van der Waals surface area contributed by atoms with Gasteiger partial charge in [0.25, 0.3) is 0 Å². The number of ketones is 1. The summed E-state index contributed by atoms with van der Waals surface area (Å²) in [5.41, 5.74) is 7.45. The first kappa shape index (κ1) is 32.7. The first-order valence-corrected chi connectivity index (χ1v) is 17.4. The van der Waals surface area contributed by atoms with Crippen LogP contribution in [-0.2, 0) is 18.0 Å². The van der Waals surface area contributed by atoms with Crippen molar-refractivity contribution in [3.63, 3.8) is 0 Å². The second-order valence-corrected chi connectivity index (χ2v) is 12.8. The van der Waals surface area contributed by atoms with Gasteiger partial charge in [-0.1, -0.05) is 139 Å². The number of nitrogens with zero attached hydrogens (tertiary/aromatic N) is 2. The van der Waals surface area contributed by atoms with E-state index in [1.54, 1.807) is 17.8 Å². The Hall–Kier alpha value is -5.85. The lowest BCUT2D eigenvalue weighted by atomic mass is 9.90. The summed E-state index contributed by atoms with van der Waals surface area (Å²) < 4.78 is 11.9. The molecule has 7 rings (SSSR count). The molecular formula is C44H36N2O3S. The van der Waals surface area contributed by atoms with Gasteiger partial charge in [-0.3, -0.25) is 4.79 Å². The van der Waals surface area contributed by atoms with Crippen LogP contribution in [0.25, 0.3) is 12.2 Å². The van der Waals surface area contributed by atoms with Crippen LogP contribution in [0.5, 0.6) is 11.5 Å². The fourth-order valence-corrected chi connectivity index (χ4v) is 6.74. The Kier molecular flexibility index (Phi) is 10.2. The number of carbonyl (C=O) groups excluding carboxylic acids is 1. The SMILES string of the molecule is CC1=CSC2=NC(/C=C/c3ccc(OCc4ccccc4)cc3)=C(C(=O)/C=C/c3ccc(OCc4ccccc4)cc3)C(c3ccccc3)N12. The number of aliphatic imine (C=N–C) groups is 1. The predicted molar refractivity (Wildman–Crippen MR) is 204 cm³/mol. The molecule has 5 aromatic rings. The average molecular weight is 673 g/mol. The Morgan fingerprint density at radius 1 is 0.680 bits per heavy atom. The summed E-state index contributed by atoms with van der Waals surface area (Å²) in [5.74, 6) is 1.47. The topological polar surface area (TPSA) is 51.1 Å². The lowest BCUT2D eigenvalue weighted by Gasteiger charge is -2.35. The molecule has 246 valence electrons. The number of allylic oxidation sites excluding steroid dienone is 3. The van der Waals surface area contributed by atoms with Crippen LogP contribution in [0, 0.1) is 0 Å². The molecule has 0 N–H and O–H groups in total. The molecule has 0 saturated heterocycles. The fraction of sp³-hybridized carbons (Fsp3) is 0.0909. The largest absolute Gasteiger partial charge is 0.489 e. The van der Waals surface area contributed by atoms with E-state index in [-0.39, 0.29) is 11.8 Å². The second kappa shape index (κ2) is 15.6. The second-order valence-electron chi connectivity index (χ2n) is 12.0. The molecule has 2 aliphatic heterocycles. The molecule has 0 aromatic heterocycles. The van der Waals surface area contributed by atoms with E-state index in [2.05, 4.69) is 29.4 Å². The van der Waals surface area contributed by atoms with Gasteiger partial charge in [0.1, 0.15) is 24.7 Å². The maximum atomic E-state index is 14.3. The van der Waals surface area contributed by atoms with E-state index in [1.807, 2.05) is 146 Å². The van der Waals surface area contributed by atoms with Gasteiger partial charge in [-0.15, -0.1) is 0 Å². The van der Waals surface area contributed by atoms with Crippen molar-refractivity contribution >= 4 is 34.9 Å². The number of amidine groups is 1. The third kappa shape index (κ3) is 7.88. The molecule has 50 heavy (non-hydrogen) atoms. The maximum absolute atomic E-state index is 14.3. The van der Waals surface area contributed by atoms with Crippen LogP contribution in [0.4, 0.5) is 0 Å². The van der Waals surface area contributed by atoms with Gasteiger partial charge >= 0.3 is 0 Å². The van der Waals surface area contributed by atoms with Crippen molar-refractivity contribution in [2.24, 2.45) is 4.99 Å². The van der Waals surface area contributed by atoms with Crippen LogP contribution in [0.15, 0.2) is 179 Å². The molecular weight excluding hydrogens is 637 g/mol. The van der Waals surface area contributed by atoms with Crippen LogP contribution in [-0.4, -0.2) is 15.9 Å². The number of hydrogen-bond acceptors (Lipinski definition) is 6. The van der Waals surface area contributed by atoms with E-state index in [0.717, 1.165) is 50.2 Å². The van der Waals surface area contributed by atoms with E-state index in [1.165, 1.54) is 0 Å². The fourth-order valence-electron chi connectivity index (χ4n) is 5.84. The number of ether oxygens (including phenoxy) is 2. The van der Waals surface area contributed by atoms with Crippen LogP contribution >= 0.6 is 11.8 Å². The summed E-state index contributed by atoms with van der Waals surface area (Å²) in [4.78, 5) is 21.5. The molecule has 6 heteroatoms. The van der Waals surface area contributed by atoms with Gasteiger partial charge in [0.2, 0.25) is 0 Å². The monoisotopic (exact) mass is 672 g/mol. The smallest absolute Gasteiger partial charge is 0.186 e. The first-order valence-electron chi connectivity index (χ1n) is 16.6. The molecule has 0 radical (unpaired) electrons. The highest BCUT2D eigenvalue weighted by atomic mass is 32.2. The molecule has 5 aromatic carbocycles. The standard InChI is InChI=1S/C44H36N2O3S/c1-32-31-50-44-45-40(27-21-33-17-23-38(24-18-33)48-29-35-11-5-2-6-12-35)42(43(46(32)44)37-15-9-4-10-16-37)41(47)28-22-34-19-25-39(26-20-34)49-30-36-13-7-3-8-14-36/h2-28,31,43H,29-30H2,1H3/b27-21+,28-22+. The van der Waals surface area contributed by atoms with E-state index in [9.17, 15) is 4.79 Å². The molecule has 5 nitrogen and oxygen atoms in total. The third-order valence-electron chi connectivity index (χ3n) is 8.44. The van der Waals surface area contributed by atoms with Crippen LogP contribution in [0.3, 0.4) is 0 Å². The van der Waals surface area contributed by atoms with Gasteiger partial charge in [0, 0.05) is 5.70 Å². The maximum Gasteiger partial charge on any atom is 0.186 e. The number of carbonyl (C=O) groups is 1. The average Bonchev–Trinajstić information content (AvgIpc) is 3.55. The van der Waals surface area contributed by atoms with Crippen molar-refractivity contribution in [2.45, 2.75) is 26.2 Å². The molecule has 0 bridgehead atoms. The van der Waals surface area contributed by atoms with E-state index < -0.39 is 0 Å². The molecule has 0 fully saturated rings.